The fourth-order valence-electron chi connectivity index (χ4n) is 2.99. The van der Waals surface area contributed by atoms with Gasteiger partial charge < -0.3 is 5.11 Å². The summed E-state index contributed by atoms with van der Waals surface area (Å²) in [4.78, 5) is 0. The van der Waals surface area contributed by atoms with Crippen LogP contribution in [0.5, 0.6) is 0 Å². The molecule has 20 heavy (non-hydrogen) atoms. The zero-order valence-corrected chi connectivity index (χ0v) is 14.0. The minimum Gasteiger partial charge on any atom is -0.392 e. The fraction of sp³-hybridized carbons (Fsp3) is 0.600. The van der Waals surface area contributed by atoms with E-state index in [0.717, 1.165) is 29.3 Å². The first-order valence-corrected chi connectivity index (χ1v) is 9.72. The van der Waals surface area contributed by atoms with Crippen LogP contribution in [0, 0.1) is 5.92 Å². The van der Waals surface area contributed by atoms with Crippen LogP contribution in [0.4, 0.5) is 0 Å². The van der Waals surface area contributed by atoms with Crippen LogP contribution in [-0.2, 0) is 16.3 Å². The Bertz CT molecular complexity index is 556. The van der Waals surface area contributed by atoms with E-state index in [-0.39, 0.29) is 11.2 Å². The van der Waals surface area contributed by atoms with E-state index in [1.807, 2.05) is 24.3 Å². The Hall–Kier alpha value is -0.390. The minimum atomic E-state index is -2.99. The molecule has 1 N–H and O–H groups in total. The highest BCUT2D eigenvalue weighted by Crippen LogP contribution is 2.31. The maximum atomic E-state index is 11.7. The Morgan fingerprint density at radius 2 is 2.15 bits per heavy atom. The average Bonchev–Trinajstić information content (AvgIpc) is 2.38. The van der Waals surface area contributed by atoms with Crippen molar-refractivity contribution in [1.29, 1.82) is 0 Å². The maximum absolute atomic E-state index is 11.7. The predicted molar refractivity (Wildman–Crippen MR) is 84.4 cm³/mol. The molecular weight excluding hydrogens is 340 g/mol. The lowest BCUT2D eigenvalue weighted by atomic mass is 9.83. The number of hydrogen-bond acceptors (Lipinski definition) is 3. The third kappa shape index (κ3) is 4.30. The number of aliphatic hydroxyl groups is 1. The number of hydrogen-bond donors (Lipinski definition) is 1. The van der Waals surface area contributed by atoms with Gasteiger partial charge in [0, 0.05) is 10.7 Å². The number of sulfone groups is 1. The van der Waals surface area contributed by atoms with Crippen LogP contribution in [0.3, 0.4) is 0 Å². The zero-order valence-electron chi connectivity index (χ0n) is 11.6. The molecule has 3 nitrogen and oxygen atoms in total. The predicted octanol–water partition coefficient (Wildman–Crippen LogP) is 2.96. The number of aliphatic hydroxyl groups excluding tert-OH is 1. The SMILES string of the molecule is CS(=O)(=O)C1CCCC(C(O)Cc2cccc(Br)c2)C1. The molecule has 3 atom stereocenters. The standard InChI is InChI=1S/C15H21BrO3S/c1-20(18,19)14-7-3-5-12(10-14)15(17)9-11-4-2-6-13(16)8-11/h2,4,6,8,12,14-15,17H,3,5,7,9-10H2,1H3. The molecular formula is C15H21BrO3S. The molecule has 1 aliphatic carbocycles. The van der Waals surface area contributed by atoms with E-state index in [0.29, 0.717) is 12.8 Å². The van der Waals surface area contributed by atoms with E-state index in [1.165, 1.54) is 6.26 Å². The molecule has 5 heteroatoms. The summed E-state index contributed by atoms with van der Waals surface area (Å²) in [6.45, 7) is 0. The molecule has 2 rings (SSSR count). The lowest BCUT2D eigenvalue weighted by molar-refractivity contribution is 0.0859. The molecule has 0 aromatic heterocycles. The van der Waals surface area contributed by atoms with Gasteiger partial charge in [0.2, 0.25) is 0 Å². The molecule has 1 fully saturated rings. The first kappa shape index (κ1) is 16.0. The molecule has 1 aromatic carbocycles. The lowest BCUT2D eigenvalue weighted by Crippen LogP contribution is -2.34. The van der Waals surface area contributed by atoms with Crippen molar-refractivity contribution in [2.45, 2.75) is 43.5 Å². The van der Waals surface area contributed by atoms with Gasteiger partial charge in [-0.25, -0.2) is 8.42 Å². The summed E-state index contributed by atoms with van der Waals surface area (Å²) in [5.74, 6) is 0.0856. The van der Waals surface area contributed by atoms with Crippen LogP contribution in [0.2, 0.25) is 0 Å². The summed E-state index contributed by atoms with van der Waals surface area (Å²) >= 11 is 3.42. The van der Waals surface area contributed by atoms with Gasteiger partial charge in [-0.05, 0) is 49.3 Å². The van der Waals surface area contributed by atoms with Crippen molar-refractivity contribution in [2.24, 2.45) is 5.92 Å². The maximum Gasteiger partial charge on any atom is 0.150 e. The van der Waals surface area contributed by atoms with Crippen molar-refractivity contribution in [1.82, 2.24) is 0 Å². The zero-order chi connectivity index (χ0) is 14.8. The topological polar surface area (TPSA) is 54.4 Å². The van der Waals surface area contributed by atoms with Gasteiger partial charge in [-0.15, -0.1) is 0 Å². The Morgan fingerprint density at radius 1 is 1.40 bits per heavy atom. The summed E-state index contributed by atoms with van der Waals surface area (Å²) in [6.07, 6.45) is 4.56. The van der Waals surface area contributed by atoms with Crippen LogP contribution >= 0.6 is 15.9 Å². The smallest absolute Gasteiger partial charge is 0.150 e. The second kappa shape index (κ2) is 6.58. The van der Waals surface area contributed by atoms with Crippen LogP contribution in [0.1, 0.15) is 31.2 Å². The van der Waals surface area contributed by atoms with E-state index < -0.39 is 15.9 Å². The molecule has 1 aliphatic rings. The number of benzene rings is 1. The summed E-state index contributed by atoms with van der Waals surface area (Å²) in [7, 11) is -2.99. The summed E-state index contributed by atoms with van der Waals surface area (Å²) in [5.41, 5.74) is 1.08. The minimum absolute atomic E-state index is 0.0856. The van der Waals surface area contributed by atoms with E-state index >= 15 is 0 Å². The monoisotopic (exact) mass is 360 g/mol. The van der Waals surface area contributed by atoms with Gasteiger partial charge in [0.15, 0.2) is 0 Å². The second-order valence-corrected chi connectivity index (χ2v) is 9.02. The lowest BCUT2D eigenvalue weighted by Gasteiger charge is -2.31. The van der Waals surface area contributed by atoms with E-state index in [4.69, 9.17) is 0 Å². The second-order valence-electron chi connectivity index (χ2n) is 5.78. The Morgan fingerprint density at radius 3 is 2.80 bits per heavy atom. The number of halogens is 1. The van der Waals surface area contributed by atoms with Crippen LogP contribution in [0.25, 0.3) is 0 Å². The Balaban J connectivity index is 2.00. The highest BCUT2D eigenvalue weighted by Gasteiger charge is 2.32. The van der Waals surface area contributed by atoms with Gasteiger partial charge in [-0.2, -0.15) is 0 Å². The summed E-state index contributed by atoms with van der Waals surface area (Å²) in [5, 5.41) is 10.1. The average molecular weight is 361 g/mol. The first-order valence-electron chi connectivity index (χ1n) is 6.97. The molecule has 0 amide bonds. The molecule has 0 bridgehead atoms. The molecule has 0 radical (unpaired) electrons. The van der Waals surface area contributed by atoms with Crippen molar-refractivity contribution < 1.29 is 13.5 Å². The normalized spacial score (nSPS) is 25.4. The van der Waals surface area contributed by atoms with Crippen LogP contribution < -0.4 is 0 Å². The first-order chi connectivity index (χ1) is 9.36. The molecule has 0 saturated heterocycles. The third-order valence-electron chi connectivity index (χ3n) is 4.15. The van der Waals surface area contributed by atoms with E-state index in [9.17, 15) is 13.5 Å². The molecule has 112 valence electrons. The van der Waals surface area contributed by atoms with Gasteiger partial charge in [-0.3, -0.25) is 0 Å². The van der Waals surface area contributed by atoms with Gasteiger partial charge in [0.25, 0.3) is 0 Å². The third-order valence-corrected chi connectivity index (χ3v) is 6.28. The van der Waals surface area contributed by atoms with Crippen molar-refractivity contribution >= 4 is 25.8 Å². The Labute approximate surface area is 129 Å². The van der Waals surface area contributed by atoms with Crippen molar-refractivity contribution in [3.05, 3.63) is 34.3 Å². The fourth-order valence-corrected chi connectivity index (χ4v) is 4.63. The number of rotatable bonds is 4. The van der Waals surface area contributed by atoms with Gasteiger partial charge in [-0.1, -0.05) is 34.5 Å². The largest absolute Gasteiger partial charge is 0.392 e. The molecule has 0 spiro atoms. The molecule has 1 saturated carbocycles. The van der Waals surface area contributed by atoms with E-state index in [1.54, 1.807) is 0 Å². The van der Waals surface area contributed by atoms with Crippen molar-refractivity contribution in [3.63, 3.8) is 0 Å². The molecule has 1 aromatic rings. The van der Waals surface area contributed by atoms with Crippen molar-refractivity contribution in [2.75, 3.05) is 6.26 Å². The van der Waals surface area contributed by atoms with Crippen molar-refractivity contribution in [3.8, 4) is 0 Å². The van der Waals surface area contributed by atoms with E-state index in [2.05, 4.69) is 15.9 Å². The quantitative estimate of drug-likeness (QED) is 0.897. The van der Waals surface area contributed by atoms with Crippen LogP contribution in [-0.4, -0.2) is 31.1 Å². The molecule has 3 unspecified atom stereocenters. The summed E-state index contributed by atoms with van der Waals surface area (Å²) < 4.78 is 24.3. The summed E-state index contributed by atoms with van der Waals surface area (Å²) in [6, 6.07) is 7.90. The molecule has 0 heterocycles. The van der Waals surface area contributed by atoms with Crippen LogP contribution in [0.15, 0.2) is 28.7 Å². The highest BCUT2D eigenvalue weighted by atomic mass is 79.9. The van der Waals surface area contributed by atoms with Gasteiger partial charge in [0.1, 0.15) is 9.84 Å². The Kier molecular flexibility index (Phi) is 5.26. The molecule has 0 aliphatic heterocycles. The van der Waals surface area contributed by atoms with Gasteiger partial charge in [0.05, 0.1) is 11.4 Å². The van der Waals surface area contributed by atoms with Gasteiger partial charge >= 0.3 is 0 Å². The highest BCUT2D eigenvalue weighted by molar-refractivity contribution is 9.10.